The third kappa shape index (κ3) is 3.21. The molecule has 0 atom stereocenters. The summed E-state index contributed by atoms with van der Waals surface area (Å²) >= 11 is 5.88. The van der Waals surface area contributed by atoms with Gasteiger partial charge in [-0.2, -0.15) is 0 Å². The molecule has 0 aliphatic rings. The highest BCUT2D eigenvalue weighted by molar-refractivity contribution is 6.16. The van der Waals surface area contributed by atoms with E-state index in [-0.39, 0.29) is 6.61 Å². The molecule has 6 nitrogen and oxygen atoms in total. The topological polar surface area (TPSA) is 83.0 Å². The zero-order chi connectivity index (χ0) is 13.8. The molecule has 2 aromatic heterocycles. The van der Waals surface area contributed by atoms with Crippen LogP contribution < -0.4 is 5.73 Å². The van der Waals surface area contributed by atoms with Crippen LogP contribution in [0.4, 0.5) is 0 Å². The van der Waals surface area contributed by atoms with Gasteiger partial charge >= 0.3 is 0 Å². The summed E-state index contributed by atoms with van der Waals surface area (Å²) in [6, 6.07) is 1.96. The van der Waals surface area contributed by atoms with Crippen molar-refractivity contribution in [3.63, 3.8) is 0 Å². The van der Waals surface area contributed by atoms with E-state index in [4.69, 9.17) is 22.1 Å². The van der Waals surface area contributed by atoms with E-state index >= 15 is 0 Å². The van der Waals surface area contributed by atoms with Crippen LogP contribution in [0.2, 0.25) is 0 Å². The number of rotatable bonds is 6. The lowest BCUT2D eigenvalue weighted by atomic mass is 10.3. The number of carbonyl (C=O) groups is 1. The van der Waals surface area contributed by atoms with Gasteiger partial charge in [-0.3, -0.25) is 4.79 Å². The van der Waals surface area contributed by atoms with Gasteiger partial charge in [-0.1, -0.05) is 0 Å². The molecular weight excluding hydrogens is 268 g/mol. The predicted octanol–water partition coefficient (Wildman–Crippen LogP) is 0.980. The number of carbonyl (C=O) groups excluding carboxylic acids is 1. The number of amides is 1. The van der Waals surface area contributed by atoms with Gasteiger partial charge in [0.2, 0.25) is 5.91 Å². The lowest BCUT2D eigenvalue weighted by Gasteiger charge is -2.07. The fourth-order valence-electron chi connectivity index (χ4n) is 1.82. The number of alkyl halides is 1. The van der Waals surface area contributed by atoms with E-state index in [9.17, 15) is 4.79 Å². The summed E-state index contributed by atoms with van der Waals surface area (Å²) in [4.78, 5) is 19.4. The Morgan fingerprint density at radius 2 is 2.37 bits per heavy atom. The molecule has 1 amide bonds. The summed E-state index contributed by atoms with van der Waals surface area (Å²) in [5, 5.41) is 0. The highest BCUT2D eigenvalue weighted by atomic mass is 35.5. The molecule has 0 bridgehead atoms. The number of aryl methyl sites for hydroxylation is 1. The van der Waals surface area contributed by atoms with Crippen LogP contribution in [0.15, 0.2) is 12.3 Å². The van der Waals surface area contributed by atoms with E-state index in [1.807, 2.05) is 17.6 Å². The summed E-state index contributed by atoms with van der Waals surface area (Å²) in [6.07, 6.45) is 1.78. The van der Waals surface area contributed by atoms with Crippen molar-refractivity contribution < 1.29 is 9.53 Å². The summed E-state index contributed by atoms with van der Waals surface area (Å²) in [7, 11) is 0. The largest absolute Gasteiger partial charge is 0.370 e. The van der Waals surface area contributed by atoms with Gasteiger partial charge in [-0.15, -0.1) is 11.6 Å². The molecule has 2 rings (SSSR count). The van der Waals surface area contributed by atoms with Crippen molar-refractivity contribution in [2.45, 2.75) is 19.3 Å². The maximum Gasteiger partial charge on any atom is 0.243 e. The molecule has 0 radical (unpaired) electrons. The van der Waals surface area contributed by atoms with Gasteiger partial charge in [0.05, 0.1) is 12.5 Å². The van der Waals surface area contributed by atoms with Crippen molar-refractivity contribution in [1.82, 2.24) is 14.5 Å². The number of nitrogens with two attached hydrogens (primary N) is 1. The van der Waals surface area contributed by atoms with Crippen LogP contribution in [0, 0.1) is 6.92 Å². The maximum atomic E-state index is 10.6. The van der Waals surface area contributed by atoms with E-state index in [2.05, 4.69) is 9.97 Å². The van der Waals surface area contributed by atoms with Gasteiger partial charge in [-0.25, -0.2) is 9.97 Å². The molecule has 7 heteroatoms. The molecule has 102 valence electrons. The summed E-state index contributed by atoms with van der Waals surface area (Å²) in [6.45, 7) is 2.76. The second kappa shape index (κ2) is 5.99. The Labute approximate surface area is 115 Å². The monoisotopic (exact) mass is 282 g/mol. The average Bonchev–Trinajstić information content (AvgIpc) is 2.71. The molecule has 0 aliphatic carbocycles. The quantitative estimate of drug-likeness (QED) is 0.632. The summed E-state index contributed by atoms with van der Waals surface area (Å²) in [5.41, 5.74) is 7.62. The van der Waals surface area contributed by atoms with Crippen LogP contribution >= 0.6 is 11.6 Å². The average molecular weight is 283 g/mol. The Morgan fingerprint density at radius 1 is 1.58 bits per heavy atom. The highest BCUT2D eigenvalue weighted by Gasteiger charge is 2.11. The van der Waals surface area contributed by atoms with Crippen LogP contribution in [-0.4, -0.2) is 33.7 Å². The Hall–Kier alpha value is -1.66. The van der Waals surface area contributed by atoms with Crippen LogP contribution in [0.5, 0.6) is 0 Å². The third-order valence-corrected chi connectivity index (χ3v) is 2.86. The smallest absolute Gasteiger partial charge is 0.243 e. The van der Waals surface area contributed by atoms with Crippen molar-refractivity contribution >= 4 is 28.7 Å². The molecule has 0 saturated carbocycles. The van der Waals surface area contributed by atoms with Gasteiger partial charge in [0.25, 0.3) is 0 Å². The molecule has 0 spiro atoms. The number of imidazole rings is 1. The number of hydrogen-bond donors (Lipinski definition) is 1. The maximum absolute atomic E-state index is 10.6. The number of pyridine rings is 1. The van der Waals surface area contributed by atoms with Crippen LogP contribution in [0.1, 0.15) is 11.4 Å². The van der Waals surface area contributed by atoms with Gasteiger partial charge in [0.1, 0.15) is 17.9 Å². The van der Waals surface area contributed by atoms with Crippen LogP contribution in [-0.2, 0) is 22.0 Å². The molecule has 0 unspecified atom stereocenters. The lowest BCUT2D eigenvalue weighted by molar-refractivity contribution is -0.122. The first-order valence-corrected chi connectivity index (χ1v) is 6.39. The van der Waals surface area contributed by atoms with Crippen LogP contribution in [0.3, 0.4) is 0 Å². The van der Waals surface area contributed by atoms with Gasteiger partial charge < -0.3 is 15.0 Å². The number of fused-ring (bicyclic) bond motifs is 1. The van der Waals surface area contributed by atoms with E-state index < -0.39 is 5.91 Å². The minimum absolute atomic E-state index is 0.0879. The predicted molar refractivity (Wildman–Crippen MR) is 71.8 cm³/mol. The van der Waals surface area contributed by atoms with E-state index in [1.165, 1.54) is 0 Å². The zero-order valence-electron chi connectivity index (χ0n) is 10.6. The number of aromatic nitrogens is 3. The van der Waals surface area contributed by atoms with Gasteiger partial charge in [0, 0.05) is 12.7 Å². The Balaban J connectivity index is 2.18. The molecule has 2 heterocycles. The molecule has 0 aromatic carbocycles. The number of primary amides is 1. The molecule has 0 aliphatic heterocycles. The fraction of sp³-hybridized carbons (Fsp3) is 0.417. The van der Waals surface area contributed by atoms with E-state index in [1.54, 1.807) is 6.20 Å². The number of halogens is 1. The van der Waals surface area contributed by atoms with Crippen molar-refractivity contribution in [2.24, 2.45) is 5.73 Å². The standard InChI is InChI=1S/C12H15ClN4O2/c1-8-4-9-12(15-6-8)17(11(5-13)16-9)2-3-19-7-10(14)18/h4,6H,2-3,5,7H2,1H3,(H2,14,18). The Bertz CT molecular complexity index is 597. The van der Waals surface area contributed by atoms with E-state index in [0.29, 0.717) is 19.0 Å². The Morgan fingerprint density at radius 3 is 3.05 bits per heavy atom. The van der Waals surface area contributed by atoms with Crippen molar-refractivity contribution in [2.75, 3.05) is 13.2 Å². The SMILES string of the molecule is Cc1cnc2c(c1)nc(CCl)n2CCOCC(N)=O. The summed E-state index contributed by atoms with van der Waals surface area (Å²) in [5.74, 6) is 0.546. The van der Waals surface area contributed by atoms with Gasteiger partial charge in [-0.05, 0) is 18.6 Å². The number of hydrogen-bond acceptors (Lipinski definition) is 4. The first kappa shape index (κ1) is 13.8. The zero-order valence-corrected chi connectivity index (χ0v) is 11.4. The molecule has 2 N–H and O–H groups in total. The second-order valence-electron chi connectivity index (χ2n) is 4.19. The highest BCUT2D eigenvalue weighted by Crippen LogP contribution is 2.16. The first-order chi connectivity index (χ1) is 9.11. The van der Waals surface area contributed by atoms with Crippen molar-refractivity contribution in [3.05, 3.63) is 23.7 Å². The molecular formula is C12H15ClN4O2. The first-order valence-electron chi connectivity index (χ1n) is 5.85. The molecule has 19 heavy (non-hydrogen) atoms. The fourth-order valence-corrected chi connectivity index (χ4v) is 2.03. The molecule has 0 fully saturated rings. The van der Waals surface area contributed by atoms with Gasteiger partial charge in [0.15, 0.2) is 5.65 Å². The second-order valence-corrected chi connectivity index (χ2v) is 4.45. The van der Waals surface area contributed by atoms with Crippen LogP contribution in [0.25, 0.3) is 11.2 Å². The molecule has 2 aromatic rings. The Kier molecular flexibility index (Phi) is 4.34. The van der Waals surface area contributed by atoms with Crippen molar-refractivity contribution in [3.8, 4) is 0 Å². The van der Waals surface area contributed by atoms with Crippen molar-refractivity contribution in [1.29, 1.82) is 0 Å². The normalized spacial score (nSPS) is 11.1. The minimum atomic E-state index is -0.484. The molecule has 0 saturated heterocycles. The third-order valence-electron chi connectivity index (χ3n) is 2.62. The number of ether oxygens (including phenoxy) is 1. The summed E-state index contributed by atoms with van der Waals surface area (Å²) < 4.78 is 7.04. The number of nitrogens with zero attached hydrogens (tertiary/aromatic N) is 3. The lowest BCUT2D eigenvalue weighted by Crippen LogP contribution is -2.20. The minimum Gasteiger partial charge on any atom is -0.370 e. The van der Waals surface area contributed by atoms with E-state index in [0.717, 1.165) is 22.6 Å².